The summed E-state index contributed by atoms with van der Waals surface area (Å²) in [5, 5.41) is 33.9. The molecule has 3 unspecified atom stereocenters. The van der Waals surface area contributed by atoms with Crippen LogP contribution in [0.3, 0.4) is 0 Å². The molecule has 0 aromatic heterocycles. The molecule has 0 saturated heterocycles. The van der Waals surface area contributed by atoms with Crippen molar-refractivity contribution < 1.29 is 15.3 Å². The van der Waals surface area contributed by atoms with Crippen LogP contribution < -0.4 is 5.32 Å². The molecule has 0 bridgehead atoms. The Balaban J connectivity index is 3.51. The van der Waals surface area contributed by atoms with Crippen molar-refractivity contribution in [2.45, 2.75) is 218 Å². The van der Waals surface area contributed by atoms with Gasteiger partial charge in [0.05, 0.1) is 24.9 Å². The van der Waals surface area contributed by atoms with Crippen LogP contribution in [0.25, 0.3) is 0 Å². The van der Waals surface area contributed by atoms with Gasteiger partial charge in [-0.05, 0) is 19.4 Å². The minimum atomic E-state index is -0.890. The summed E-state index contributed by atoms with van der Waals surface area (Å²) < 4.78 is 0. The molecule has 0 aromatic rings. The van der Waals surface area contributed by atoms with Gasteiger partial charge in [0.2, 0.25) is 0 Å². The van der Waals surface area contributed by atoms with Gasteiger partial charge in [-0.3, -0.25) is 0 Å². The highest BCUT2D eigenvalue weighted by Gasteiger charge is 2.24. The predicted molar refractivity (Wildman–Crippen MR) is 176 cm³/mol. The zero-order valence-corrected chi connectivity index (χ0v) is 27.5. The molecule has 3 atom stereocenters. The van der Waals surface area contributed by atoms with Crippen molar-refractivity contribution in [1.29, 1.82) is 0 Å². The second-order valence-electron chi connectivity index (χ2n) is 12.8. The smallest absolute Gasteiger partial charge is 0.0973 e. The standard InChI is InChI=1S/C36H75NO3/c1-3-5-7-9-11-13-15-17-18-19-20-22-24-26-28-30-32-37-34(33-38)36(40)35(39)31-29-27-25-23-21-16-14-12-10-8-6-4-2/h34-40H,3-33H2,1-2H3. The van der Waals surface area contributed by atoms with Crippen molar-refractivity contribution in [3.05, 3.63) is 0 Å². The van der Waals surface area contributed by atoms with Crippen molar-refractivity contribution in [3.63, 3.8) is 0 Å². The largest absolute Gasteiger partial charge is 0.395 e. The SMILES string of the molecule is CCCCCCCCCCCCCCCCCCNC(CO)C(O)C(O)CCCCCCCCCCCCCC. The lowest BCUT2D eigenvalue weighted by Crippen LogP contribution is -2.48. The Morgan fingerprint density at radius 3 is 1.05 bits per heavy atom. The molecule has 40 heavy (non-hydrogen) atoms. The first-order valence-corrected chi connectivity index (χ1v) is 18.4. The number of hydrogen-bond donors (Lipinski definition) is 4. The number of aliphatic hydroxyl groups excluding tert-OH is 3. The van der Waals surface area contributed by atoms with Crippen LogP contribution in [0.4, 0.5) is 0 Å². The third-order valence-corrected chi connectivity index (χ3v) is 8.79. The average molecular weight is 570 g/mol. The zero-order valence-electron chi connectivity index (χ0n) is 27.5. The first kappa shape index (κ1) is 39.8. The van der Waals surface area contributed by atoms with Crippen LogP contribution in [0, 0.1) is 0 Å². The van der Waals surface area contributed by atoms with Gasteiger partial charge in [0.25, 0.3) is 0 Å². The van der Waals surface area contributed by atoms with Gasteiger partial charge < -0.3 is 20.6 Å². The van der Waals surface area contributed by atoms with Crippen LogP contribution in [-0.2, 0) is 0 Å². The Hall–Kier alpha value is -0.160. The maximum atomic E-state index is 10.5. The summed E-state index contributed by atoms with van der Waals surface area (Å²) in [6.45, 7) is 5.22. The molecular weight excluding hydrogens is 494 g/mol. The monoisotopic (exact) mass is 570 g/mol. The van der Waals surface area contributed by atoms with Crippen molar-refractivity contribution in [2.24, 2.45) is 0 Å². The molecule has 0 fully saturated rings. The van der Waals surface area contributed by atoms with Gasteiger partial charge in [-0.15, -0.1) is 0 Å². The summed E-state index contributed by atoms with van der Waals surface area (Å²) in [5.74, 6) is 0. The first-order valence-electron chi connectivity index (χ1n) is 18.4. The third kappa shape index (κ3) is 28.0. The molecule has 0 aliphatic carbocycles. The van der Waals surface area contributed by atoms with Crippen LogP contribution in [0.1, 0.15) is 200 Å². The van der Waals surface area contributed by atoms with Gasteiger partial charge in [-0.1, -0.05) is 187 Å². The lowest BCUT2D eigenvalue weighted by molar-refractivity contribution is -0.0210. The fourth-order valence-corrected chi connectivity index (χ4v) is 5.89. The lowest BCUT2D eigenvalue weighted by atomic mass is 9.99. The van der Waals surface area contributed by atoms with E-state index in [0.717, 1.165) is 25.8 Å². The molecule has 0 saturated carbocycles. The van der Waals surface area contributed by atoms with Gasteiger partial charge >= 0.3 is 0 Å². The normalized spacial score (nSPS) is 14.0. The van der Waals surface area contributed by atoms with E-state index >= 15 is 0 Å². The summed E-state index contributed by atoms with van der Waals surface area (Å²) >= 11 is 0. The molecule has 4 N–H and O–H groups in total. The maximum Gasteiger partial charge on any atom is 0.0973 e. The molecule has 0 spiro atoms. The highest BCUT2D eigenvalue weighted by Crippen LogP contribution is 2.16. The quantitative estimate of drug-likeness (QED) is 0.0582. The van der Waals surface area contributed by atoms with E-state index in [1.807, 2.05) is 0 Å². The molecule has 0 radical (unpaired) electrons. The Labute approximate surface area is 251 Å². The van der Waals surface area contributed by atoms with E-state index in [4.69, 9.17) is 0 Å². The maximum absolute atomic E-state index is 10.5. The van der Waals surface area contributed by atoms with E-state index in [0.29, 0.717) is 6.42 Å². The molecule has 0 aromatic carbocycles. The Kier molecular flexibility index (Phi) is 33.2. The Morgan fingerprint density at radius 1 is 0.425 bits per heavy atom. The molecular formula is C36H75NO3. The second-order valence-corrected chi connectivity index (χ2v) is 12.8. The van der Waals surface area contributed by atoms with E-state index in [9.17, 15) is 15.3 Å². The minimum absolute atomic E-state index is 0.129. The van der Waals surface area contributed by atoms with E-state index in [-0.39, 0.29) is 6.61 Å². The van der Waals surface area contributed by atoms with Gasteiger partial charge in [0.15, 0.2) is 0 Å². The molecule has 4 nitrogen and oxygen atoms in total. The first-order chi connectivity index (χ1) is 19.7. The molecule has 0 heterocycles. The van der Waals surface area contributed by atoms with Gasteiger partial charge in [0, 0.05) is 0 Å². The van der Waals surface area contributed by atoms with Crippen molar-refractivity contribution >= 4 is 0 Å². The molecule has 242 valence electrons. The Bertz CT molecular complexity index is 461. The van der Waals surface area contributed by atoms with Gasteiger partial charge in [-0.25, -0.2) is 0 Å². The van der Waals surface area contributed by atoms with Gasteiger partial charge in [-0.2, -0.15) is 0 Å². The Morgan fingerprint density at radius 2 is 0.725 bits per heavy atom. The van der Waals surface area contributed by atoms with Crippen LogP contribution in [0.15, 0.2) is 0 Å². The van der Waals surface area contributed by atoms with E-state index in [1.165, 1.54) is 161 Å². The van der Waals surface area contributed by atoms with Crippen LogP contribution in [0.2, 0.25) is 0 Å². The van der Waals surface area contributed by atoms with E-state index in [2.05, 4.69) is 19.2 Å². The lowest BCUT2D eigenvalue weighted by Gasteiger charge is -2.26. The topological polar surface area (TPSA) is 72.7 Å². The number of aliphatic hydroxyl groups is 3. The summed E-state index contributed by atoms with van der Waals surface area (Å²) in [5.41, 5.74) is 0. The summed E-state index contributed by atoms with van der Waals surface area (Å²) in [6.07, 6.45) is 36.3. The second kappa shape index (κ2) is 33.3. The molecule has 0 aliphatic heterocycles. The van der Waals surface area contributed by atoms with Crippen molar-refractivity contribution in [2.75, 3.05) is 13.2 Å². The number of nitrogens with one attached hydrogen (secondary N) is 1. The van der Waals surface area contributed by atoms with Crippen molar-refractivity contribution in [1.82, 2.24) is 5.32 Å². The third-order valence-electron chi connectivity index (χ3n) is 8.79. The van der Waals surface area contributed by atoms with E-state index < -0.39 is 18.2 Å². The predicted octanol–water partition coefficient (Wildman–Crippen LogP) is 10.0. The molecule has 0 aliphatic rings. The summed E-state index contributed by atoms with van der Waals surface area (Å²) in [6, 6.07) is -0.427. The highest BCUT2D eigenvalue weighted by atomic mass is 16.3. The zero-order chi connectivity index (χ0) is 29.4. The number of rotatable bonds is 34. The number of hydrogen-bond acceptors (Lipinski definition) is 4. The molecule has 0 amide bonds. The van der Waals surface area contributed by atoms with Gasteiger partial charge in [0.1, 0.15) is 0 Å². The van der Waals surface area contributed by atoms with Crippen molar-refractivity contribution in [3.8, 4) is 0 Å². The molecule has 0 rings (SSSR count). The fourth-order valence-electron chi connectivity index (χ4n) is 5.89. The van der Waals surface area contributed by atoms with E-state index in [1.54, 1.807) is 0 Å². The number of unbranched alkanes of at least 4 members (excludes halogenated alkanes) is 26. The van der Waals surface area contributed by atoms with Crippen LogP contribution in [0.5, 0.6) is 0 Å². The average Bonchev–Trinajstić information content (AvgIpc) is 2.96. The summed E-state index contributed by atoms with van der Waals surface area (Å²) in [4.78, 5) is 0. The summed E-state index contributed by atoms with van der Waals surface area (Å²) in [7, 11) is 0. The highest BCUT2D eigenvalue weighted by molar-refractivity contribution is 4.81. The fraction of sp³-hybridized carbons (Fsp3) is 1.00. The van der Waals surface area contributed by atoms with Crippen LogP contribution in [-0.4, -0.2) is 46.7 Å². The van der Waals surface area contributed by atoms with Crippen LogP contribution >= 0.6 is 0 Å². The molecule has 4 heteroatoms. The minimum Gasteiger partial charge on any atom is -0.395 e.